The smallest absolute Gasteiger partial charge is 0.167 e. The average Bonchev–Trinajstić information content (AvgIpc) is 2.96. The van der Waals surface area contributed by atoms with E-state index in [0.717, 1.165) is 25.7 Å². The van der Waals surface area contributed by atoms with Crippen LogP contribution in [0.4, 0.5) is 17.6 Å². The zero-order chi connectivity index (χ0) is 27.8. The summed E-state index contributed by atoms with van der Waals surface area (Å²) in [6, 6.07) is 12.7. The standard InChI is InChI=1S/C33H36F4O2/c1-3-5-7-8-9-24-14-16-26(31(35)30(24)34)22-10-12-23(13-11-22)27-17-18-28(33(37)32(27)36)29-19-15-25(21-39-29)38-20-6-4-2/h4,6,10-14,16-18,25,29H,3,5,7-9,15,19-21H2,1-2H3. The molecule has 0 spiro atoms. The molecule has 39 heavy (non-hydrogen) atoms. The van der Waals surface area contributed by atoms with Crippen molar-refractivity contribution < 1.29 is 27.0 Å². The topological polar surface area (TPSA) is 18.5 Å². The molecule has 1 aliphatic heterocycles. The fourth-order valence-corrected chi connectivity index (χ4v) is 5.01. The molecule has 0 aliphatic carbocycles. The minimum absolute atomic E-state index is 0.0662. The van der Waals surface area contributed by atoms with Crippen LogP contribution in [-0.2, 0) is 15.9 Å². The second-order valence-electron chi connectivity index (χ2n) is 10.0. The number of aryl methyl sites for hydroxylation is 1. The molecule has 208 valence electrons. The molecule has 1 heterocycles. The van der Waals surface area contributed by atoms with Crippen molar-refractivity contribution >= 4 is 0 Å². The average molecular weight is 541 g/mol. The number of unbranched alkanes of at least 4 members (excludes halogenated alkanes) is 3. The summed E-state index contributed by atoms with van der Waals surface area (Å²) in [5.74, 6) is -3.60. The Kier molecular flexibility index (Phi) is 10.4. The highest BCUT2D eigenvalue weighted by atomic mass is 19.2. The summed E-state index contributed by atoms with van der Waals surface area (Å²) < 4.78 is 71.3. The van der Waals surface area contributed by atoms with Crippen molar-refractivity contribution in [1.29, 1.82) is 0 Å². The third kappa shape index (κ3) is 6.98. The van der Waals surface area contributed by atoms with Gasteiger partial charge in [-0.1, -0.05) is 86.9 Å². The van der Waals surface area contributed by atoms with Crippen molar-refractivity contribution in [3.05, 3.63) is 95.1 Å². The molecule has 2 atom stereocenters. The van der Waals surface area contributed by atoms with E-state index < -0.39 is 29.4 Å². The van der Waals surface area contributed by atoms with Crippen LogP contribution in [0.15, 0.2) is 60.7 Å². The maximum atomic E-state index is 15.1. The van der Waals surface area contributed by atoms with Gasteiger partial charge in [-0.3, -0.25) is 0 Å². The molecule has 2 nitrogen and oxygen atoms in total. The van der Waals surface area contributed by atoms with E-state index in [2.05, 4.69) is 6.92 Å². The molecule has 1 fully saturated rings. The van der Waals surface area contributed by atoms with Crippen molar-refractivity contribution in [3.63, 3.8) is 0 Å². The zero-order valence-corrected chi connectivity index (χ0v) is 22.6. The Morgan fingerprint density at radius 1 is 0.795 bits per heavy atom. The summed E-state index contributed by atoms with van der Waals surface area (Å²) in [7, 11) is 0. The highest BCUT2D eigenvalue weighted by Crippen LogP contribution is 2.36. The van der Waals surface area contributed by atoms with Crippen molar-refractivity contribution in [3.8, 4) is 22.3 Å². The Balaban J connectivity index is 1.46. The maximum absolute atomic E-state index is 15.1. The van der Waals surface area contributed by atoms with Gasteiger partial charge in [-0.05, 0) is 49.3 Å². The molecule has 3 aromatic carbocycles. The van der Waals surface area contributed by atoms with Crippen LogP contribution in [0.5, 0.6) is 0 Å². The van der Waals surface area contributed by atoms with Crippen LogP contribution in [0.3, 0.4) is 0 Å². The molecular weight excluding hydrogens is 504 g/mol. The lowest BCUT2D eigenvalue weighted by molar-refractivity contribution is -0.0817. The SMILES string of the molecule is CC=CCOC1CCC(c2ccc(-c3ccc(-c4ccc(CCCCCC)c(F)c4F)cc3)c(F)c2F)OC1. The van der Waals surface area contributed by atoms with E-state index in [0.29, 0.717) is 49.2 Å². The van der Waals surface area contributed by atoms with Gasteiger partial charge in [0.15, 0.2) is 23.3 Å². The van der Waals surface area contributed by atoms with E-state index in [-0.39, 0.29) is 22.8 Å². The fraction of sp³-hybridized carbons (Fsp3) is 0.394. The van der Waals surface area contributed by atoms with Gasteiger partial charge in [-0.25, -0.2) is 17.6 Å². The molecule has 2 unspecified atom stereocenters. The van der Waals surface area contributed by atoms with Crippen LogP contribution in [0.2, 0.25) is 0 Å². The van der Waals surface area contributed by atoms with Crippen molar-refractivity contribution in [2.45, 2.75) is 71.0 Å². The number of ether oxygens (including phenoxy) is 2. The monoisotopic (exact) mass is 540 g/mol. The minimum Gasteiger partial charge on any atom is -0.372 e. The third-order valence-electron chi connectivity index (χ3n) is 7.33. The number of hydrogen-bond donors (Lipinski definition) is 0. The van der Waals surface area contributed by atoms with E-state index in [1.807, 2.05) is 19.1 Å². The first-order valence-corrected chi connectivity index (χ1v) is 13.8. The van der Waals surface area contributed by atoms with Gasteiger partial charge >= 0.3 is 0 Å². The first-order chi connectivity index (χ1) is 18.9. The number of halogens is 4. The van der Waals surface area contributed by atoms with Crippen LogP contribution in [0.1, 0.15) is 69.6 Å². The van der Waals surface area contributed by atoms with E-state index in [9.17, 15) is 8.78 Å². The molecule has 4 rings (SSSR count). The predicted molar refractivity (Wildman–Crippen MR) is 147 cm³/mol. The van der Waals surface area contributed by atoms with Crippen LogP contribution in [0.25, 0.3) is 22.3 Å². The number of benzene rings is 3. The Morgan fingerprint density at radius 3 is 2.08 bits per heavy atom. The van der Waals surface area contributed by atoms with E-state index in [1.54, 1.807) is 42.5 Å². The summed E-state index contributed by atoms with van der Waals surface area (Å²) in [4.78, 5) is 0. The highest BCUT2D eigenvalue weighted by Gasteiger charge is 2.27. The lowest BCUT2D eigenvalue weighted by atomic mass is 9.94. The quantitative estimate of drug-likeness (QED) is 0.137. The molecule has 3 aromatic rings. The van der Waals surface area contributed by atoms with Gasteiger partial charge in [0.05, 0.1) is 25.4 Å². The third-order valence-corrected chi connectivity index (χ3v) is 7.33. The van der Waals surface area contributed by atoms with E-state index >= 15 is 8.78 Å². The van der Waals surface area contributed by atoms with Gasteiger partial charge in [-0.2, -0.15) is 0 Å². The van der Waals surface area contributed by atoms with E-state index in [1.165, 1.54) is 6.07 Å². The molecule has 0 amide bonds. The summed E-state index contributed by atoms with van der Waals surface area (Å²) in [5.41, 5.74) is 1.71. The lowest BCUT2D eigenvalue weighted by Gasteiger charge is -2.29. The molecule has 0 bridgehead atoms. The van der Waals surface area contributed by atoms with Gasteiger partial charge < -0.3 is 9.47 Å². The van der Waals surface area contributed by atoms with Crippen molar-refractivity contribution in [2.75, 3.05) is 13.2 Å². The minimum atomic E-state index is -0.958. The summed E-state index contributed by atoms with van der Waals surface area (Å²) in [6.45, 7) is 4.84. The summed E-state index contributed by atoms with van der Waals surface area (Å²) in [6.07, 6.45) is 8.90. The molecule has 0 radical (unpaired) electrons. The second kappa shape index (κ2) is 13.9. The zero-order valence-electron chi connectivity index (χ0n) is 22.6. The lowest BCUT2D eigenvalue weighted by Crippen LogP contribution is -2.28. The summed E-state index contributed by atoms with van der Waals surface area (Å²) >= 11 is 0. The van der Waals surface area contributed by atoms with Gasteiger partial charge in [0.1, 0.15) is 0 Å². The molecule has 1 aliphatic rings. The van der Waals surface area contributed by atoms with Crippen LogP contribution in [-0.4, -0.2) is 19.3 Å². The highest BCUT2D eigenvalue weighted by molar-refractivity contribution is 5.71. The normalized spacial score (nSPS) is 17.7. The Morgan fingerprint density at radius 2 is 1.46 bits per heavy atom. The van der Waals surface area contributed by atoms with Crippen molar-refractivity contribution in [1.82, 2.24) is 0 Å². The molecule has 6 heteroatoms. The van der Waals surface area contributed by atoms with Crippen LogP contribution >= 0.6 is 0 Å². The van der Waals surface area contributed by atoms with Gasteiger partial charge in [-0.15, -0.1) is 0 Å². The van der Waals surface area contributed by atoms with Crippen molar-refractivity contribution in [2.24, 2.45) is 0 Å². The molecule has 0 aromatic heterocycles. The number of rotatable bonds is 11. The molecular formula is C33H36F4O2. The Labute approximate surface area is 228 Å². The fourth-order valence-electron chi connectivity index (χ4n) is 5.01. The first kappa shape index (κ1) is 29.0. The Bertz CT molecular complexity index is 1260. The second-order valence-corrected chi connectivity index (χ2v) is 10.0. The number of allylic oxidation sites excluding steroid dienone is 1. The van der Waals surface area contributed by atoms with Crippen LogP contribution < -0.4 is 0 Å². The molecule has 1 saturated heterocycles. The first-order valence-electron chi connectivity index (χ1n) is 13.8. The largest absolute Gasteiger partial charge is 0.372 e. The maximum Gasteiger partial charge on any atom is 0.167 e. The molecule has 0 saturated carbocycles. The van der Waals surface area contributed by atoms with Crippen LogP contribution in [0, 0.1) is 23.3 Å². The summed E-state index contributed by atoms with van der Waals surface area (Å²) in [5, 5.41) is 0. The van der Waals surface area contributed by atoms with Gasteiger partial charge in [0.2, 0.25) is 0 Å². The molecule has 0 N–H and O–H groups in total. The predicted octanol–water partition coefficient (Wildman–Crippen LogP) is 9.51. The van der Waals surface area contributed by atoms with Gasteiger partial charge in [0.25, 0.3) is 0 Å². The Hall–Kier alpha value is -2.96. The number of hydrogen-bond acceptors (Lipinski definition) is 2. The van der Waals surface area contributed by atoms with Gasteiger partial charge in [0, 0.05) is 16.7 Å². The van der Waals surface area contributed by atoms with E-state index in [4.69, 9.17) is 9.47 Å².